The number of benzene rings is 2. The van der Waals surface area contributed by atoms with E-state index in [1.807, 2.05) is 53.8 Å². The molecule has 7 heteroatoms. The van der Waals surface area contributed by atoms with Gasteiger partial charge in [0.1, 0.15) is 22.2 Å². The number of hydrogen-bond acceptors (Lipinski definition) is 4. The highest BCUT2D eigenvalue weighted by molar-refractivity contribution is 7.21. The van der Waals surface area contributed by atoms with Crippen molar-refractivity contribution in [2.24, 2.45) is 0 Å². The predicted octanol–water partition coefficient (Wildman–Crippen LogP) is 5.24. The lowest BCUT2D eigenvalue weighted by molar-refractivity contribution is -0.115. The number of rotatable bonds is 4. The van der Waals surface area contributed by atoms with Crippen molar-refractivity contribution in [2.45, 2.75) is 13.3 Å². The topological polar surface area (TPSA) is 59.3 Å². The summed E-state index contributed by atoms with van der Waals surface area (Å²) in [6.45, 7) is 2.00. The van der Waals surface area contributed by atoms with E-state index < -0.39 is 0 Å². The first-order valence-corrected chi connectivity index (χ1v) is 10.3. The number of aryl methyl sites for hydroxylation is 1. The first-order chi connectivity index (χ1) is 14.6. The Morgan fingerprint density at radius 1 is 1.03 bits per heavy atom. The Balaban J connectivity index is 1.57. The maximum absolute atomic E-state index is 13.1. The standard InChI is InChI=1S/C23H17FN4OS/c1-14-5-4-8-19-26-22(27-20(29)13-15-9-11-16(24)12-10-15)21(28(14)19)23-25-17-6-2-3-7-18(17)30-23/h2-12H,13H2,1H3,(H,27,29). The second-order valence-corrected chi connectivity index (χ2v) is 8.04. The third kappa shape index (κ3) is 3.33. The lowest BCUT2D eigenvalue weighted by Gasteiger charge is -2.06. The summed E-state index contributed by atoms with van der Waals surface area (Å²) in [7, 11) is 0. The van der Waals surface area contributed by atoms with Gasteiger partial charge in [-0.05, 0) is 48.9 Å². The fourth-order valence-corrected chi connectivity index (χ4v) is 4.48. The van der Waals surface area contributed by atoms with Crippen molar-refractivity contribution in [2.75, 3.05) is 5.32 Å². The highest BCUT2D eigenvalue weighted by atomic mass is 32.1. The summed E-state index contributed by atoms with van der Waals surface area (Å²) in [5.74, 6) is -0.0754. The number of aromatic nitrogens is 3. The molecule has 0 fully saturated rings. The minimum Gasteiger partial charge on any atom is -0.308 e. The quantitative estimate of drug-likeness (QED) is 0.436. The maximum atomic E-state index is 13.1. The molecule has 2 aromatic carbocycles. The molecule has 0 atom stereocenters. The van der Waals surface area contributed by atoms with Crippen LogP contribution in [0.25, 0.3) is 26.6 Å². The molecule has 0 aliphatic heterocycles. The molecule has 1 amide bonds. The molecule has 5 rings (SSSR count). The first-order valence-electron chi connectivity index (χ1n) is 9.47. The van der Waals surface area contributed by atoms with Gasteiger partial charge in [-0.3, -0.25) is 9.20 Å². The van der Waals surface area contributed by atoms with E-state index in [2.05, 4.69) is 10.3 Å². The molecular formula is C23H17FN4OS. The summed E-state index contributed by atoms with van der Waals surface area (Å²) in [6.07, 6.45) is 0.131. The van der Waals surface area contributed by atoms with E-state index >= 15 is 0 Å². The van der Waals surface area contributed by atoms with Crippen molar-refractivity contribution >= 4 is 38.9 Å². The van der Waals surface area contributed by atoms with Crippen molar-refractivity contribution in [3.63, 3.8) is 0 Å². The van der Waals surface area contributed by atoms with Crippen LogP contribution in [0.1, 0.15) is 11.3 Å². The highest BCUT2D eigenvalue weighted by Gasteiger charge is 2.20. The van der Waals surface area contributed by atoms with Crippen LogP contribution in [0, 0.1) is 12.7 Å². The Hall–Kier alpha value is -3.58. The van der Waals surface area contributed by atoms with Gasteiger partial charge in [0, 0.05) is 5.69 Å². The number of para-hydroxylation sites is 1. The molecule has 3 aromatic heterocycles. The zero-order chi connectivity index (χ0) is 20.7. The molecule has 0 bridgehead atoms. The molecule has 0 saturated heterocycles. The number of amides is 1. The Labute approximate surface area is 175 Å². The Kier molecular flexibility index (Phi) is 4.52. The van der Waals surface area contributed by atoms with E-state index in [0.29, 0.717) is 5.82 Å². The lowest BCUT2D eigenvalue weighted by Crippen LogP contribution is -2.15. The monoisotopic (exact) mass is 416 g/mol. The molecular weight excluding hydrogens is 399 g/mol. The molecule has 3 heterocycles. The van der Waals surface area contributed by atoms with Gasteiger partial charge in [-0.1, -0.05) is 30.3 Å². The summed E-state index contributed by atoms with van der Waals surface area (Å²) in [5.41, 5.74) is 4.13. The number of nitrogens with one attached hydrogen (secondary N) is 1. The fourth-order valence-electron chi connectivity index (χ4n) is 3.48. The van der Waals surface area contributed by atoms with Crippen LogP contribution in [0.3, 0.4) is 0 Å². The molecule has 5 aromatic rings. The van der Waals surface area contributed by atoms with E-state index in [1.54, 1.807) is 23.5 Å². The predicted molar refractivity (Wildman–Crippen MR) is 117 cm³/mol. The van der Waals surface area contributed by atoms with E-state index in [9.17, 15) is 9.18 Å². The zero-order valence-electron chi connectivity index (χ0n) is 16.1. The number of carbonyl (C=O) groups is 1. The van der Waals surface area contributed by atoms with Crippen LogP contribution in [-0.4, -0.2) is 20.3 Å². The van der Waals surface area contributed by atoms with Crippen LogP contribution in [-0.2, 0) is 11.2 Å². The maximum Gasteiger partial charge on any atom is 0.230 e. The molecule has 0 aliphatic rings. The van der Waals surface area contributed by atoms with Crippen molar-refractivity contribution in [3.8, 4) is 10.7 Å². The van der Waals surface area contributed by atoms with Gasteiger partial charge < -0.3 is 5.32 Å². The number of carbonyl (C=O) groups excluding carboxylic acids is 1. The Bertz CT molecular complexity index is 1350. The number of thiazole rings is 1. The van der Waals surface area contributed by atoms with Gasteiger partial charge in [0.25, 0.3) is 0 Å². The molecule has 0 spiro atoms. The van der Waals surface area contributed by atoms with E-state index in [1.165, 1.54) is 12.1 Å². The van der Waals surface area contributed by atoms with Gasteiger partial charge in [0.05, 0.1) is 16.6 Å². The minimum atomic E-state index is -0.326. The number of anilines is 1. The second-order valence-electron chi connectivity index (χ2n) is 7.01. The van der Waals surface area contributed by atoms with Crippen molar-refractivity contribution in [1.29, 1.82) is 0 Å². The molecule has 5 nitrogen and oxygen atoms in total. The molecule has 148 valence electrons. The molecule has 0 radical (unpaired) electrons. The lowest BCUT2D eigenvalue weighted by atomic mass is 10.1. The van der Waals surface area contributed by atoms with Crippen LogP contribution in [0.15, 0.2) is 66.7 Å². The van der Waals surface area contributed by atoms with Gasteiger partial charge in [0.15, 0.2) is 5.82 Å². The smallest absolute Gasteiger partial charge is 0.230 e. The zero-order valence-corrected chi connectivity index (χ0v) is 16.9. The average molecular weight is 416 g/mol. The van der Waals surface area contributed by atoms with Crippen LogP contribution in [0.2, 0.25) is 0 Å². The largest absolute Gasteiger partial charge is 0.308 e. The number of fused-ring (bicyclic) bond motifs is 2. The Morgan fingerprint density at radius 3 is 2.63 bits per heavy atom. The Morgan fingerprint density at radius 2 is 1.83 bits per heavy atom. The third-order valence-corrected chi connectivity index (χ3v) is 5.91. The number of imidazole rings is 1. The van der Waals surface area contributed by atoms with Gasteiger partial charge in [-0.25, -0.2) is 14.4 Å². The average Bonchev–Trinajstić information content (AvgIpc) is 3.31. The number of pyridine rings is 1. The molecule has 1 N–H and O–H groups in total. The van der Waals surface area contributed by atoms with Crippen LogP contribution >= 0.6 is 11.3 Å². The summed E-state index contributed by atoms with van der Waals surface area (Å²) in [6, 6.07) is 19.7. The van der Waals surface area contributed by atoms with E-state index in [0.717, 1.165) is 37.8 Å². The van der Waals surface area contributed by atoms with Gasteiger partial charge in [-0.15, -0.1) is 11.3 Å². The summed E-state index contributed by atoms with van der Waals surface area (Å²) in [4.78, 5) is 22.1. The first kappa shape index (κ1) is 18.4. The number of nitrogens with zero attached hydrogens (tertiary/aromatic N) is 3. The van der Waals surface area contributed by atoms with Crippen molar-refractivity contribution in [3.05, 3.63) is 83.8 Å². The fraction of sp³-hybridized carbons (Fsp3) is 0.0870. The van der Waals surface area contributed by atoms with Gasteiger partial charge in [-0.2, -0.15) is 0 Å². The summed E-state index contributed by atoms with van der Waals surface area (Å²) >= 11 is 1.56. The number of halogens is 1. The van der Waals surface area contributed by atoms with Gasteiger partial charge in [0.2, 0.25) is 5.91 Å². The summed E-state index contributed by atoms with van der Waals surface area (Å²) < 4.78 is 16.2. The van der Waals surface area contributed by atoms with Crippen molar-refractivity contribution < 1.29 is 9.18 Å². The SMILES string of the molecule is Cc1cccc2nc(NC(=O)Cc3ccc(F)cc3)c(-c3nc4ccccc4s3)n12. The third-order valence-electron chi connectivity index (χ3n) is 4.87. The van der Waals surface area contributed by atoms with Gasteiger partial charge >= 0.3 is 0 Å². The molecule has 0 saturated carbocycles. The number of hydrogen-bond donors (Lipinski definition) is 1. The van der Waals surface area contributed by atoms with Crippen LogP contribution < -0.4 is 5.32 Å². The van der Waals surface area contributed by atoms with E-state index in [4.69, 9.17) is 4.98 Å². The molecule has 0 unspecified atom stereocenters. The normalized spacial score (nSPS) is 11.3. The summed E-state index contributed by atoms with van der Waals surface area (Å²) in [5, 5.41) is 3.72. The van der Waals surface area contributed by atoms with Crippen LogP contribution in [0.4, 0.5) is 10.2 Å². The van der Waals surface area contributed by atoms with E-state index in [-0.39, 0.29) is 18.1 Å². The highest BCUT2D eigenvalue weighted by Crippen LogP contribution is 2.35. The van der Waals surface area contributed by atoms with Crippen LogP contribution in [0.5, 0.6) is 0 Å². The molecule has 0 aliphatic carbocycles. The second kappa shape index (κ2) is 7.35. The molecule has 30 heavy (non-hydrogen) atoms. The minimum absolute atomic E-state index is 0.131. The van der Waals surface area contributed by atoms with Crippen molar-refractivity contribution in [1.82, 2.24) is 14.4 Å².